The number of aromatic nitrogens is 2. The Morgan fingerprint density at radius 1 is 0.938 bits per heavy atom. The quantitative estimate of drug-likeness (QED) is 0.588. The molecule has 2 N–H and O–H groups in total. The zero-order chi connectivity index (χ0) is 22.7. The average Bonchev–Trinajstić information content (AvgIpc) is 3.32. The fraction of sp³-hybridized carbons (Fsp3) is 0.261. The fourth-order valence-electron chi connectivity index (χ4n) is 3.65. The Kier molecular flexibility index (Phi) is 6.20. The number of carbonyl (C=O) groups is 1. The van der Waals surface area contributed by atoms with Gasteiger partial charge >= 0.3 is 0 Å². The maximum Gasteiger partial charge on any atom is 0.243 e. The van der Waals surface area contributed by atoms with Gasteiger partial charge in [0.05, 0.1) is 10.6 Å². The second-order valence-corrected chi connectivity index (χ2v) is 9.69. The van der Waals surface area contributed by atoms with E-state index in [0.717, 1.165) is 24.1 Å². The lowest BCUT2D eigenvalue weighted by Gasteiger charge is -2.17. The highest BCUT2D eigenvalue weighted by Crippen LogP contribution is 2.28. The zero-order valence-corrected chi connectivity index (χ0v) is 18.8. The van der Waals surface area contributed by atoms with Crippen LogP contribution in [0.15, 0.2) is 59.5 Å². The number of rotatable bonds is 6. The highest BCUT2D eigenvalue weighted by atomic mass is 32.2. The van der Waals surface area contributed by atoms with E-state index < -0.39 is 10.0 Å². The number of aryl methyl sites for hydroxylation is 1. The van der Waals surface area contributed by atoms with Gasteiger partial charge < -0.3 is 10.6 Å². The summed E-state index contributed by atoms with van der Waals surface area (Å²) in [6.45, 7) is 4.40. The molecule has 166 valence electrons. The van der Waals surface area contributed by atoms with Crippen LogP contribution in [0.4, 0.5) is 17.2 Å². The van der Waals surface area contributed by atoms with Gasteiger partial charge in [0, 0.05) is 37.0 Å². The lowest BCUT2D eigenvalue weighted by atomic mass is 10.1. The van der Waals surface area contributed by atoms with Gasteiger partial charge in [0.1, 0.15) is 0 Å². The van der Waals surface area contributed by atoms with Crippen LogP contribution in [0.5, 0.6) is 0 Å². The molecule has 0 bridgehead atoms. The van der Waals surface area contributed by atoms with E-state index in [1.54, 1.807) is 34.6 Å². The largest absolute Gasteiger partial charge is 0.339 e. The Balaban J connectivity index is 1.52. The van der Waals surface area contributed by atoms with Crippen LogP contribution in [0, 0.1) is 6.92 Å². The maximum atomic E-state index is 13.0. The second-order valence-electron chi connectivity index (χ2n) is 7.78. The number of benzene rings is 2. The molecule has 1 amide bonds. The minimum Gasteiger partial charge on any atom is -0.339 e. The summed E-state index contributed by atoms with van der Waals surface area (Å²) >= 11 is 0. The summed E-state index contributed by atoms with van der Waals surface area (Å²) in [5.74, 6) is 0.428. The van der Waals surface area contributed by atoms with Crippen molar-refractivity contribution in [3.63, 3.8) is 0 Å². The number of hydrogen-bond donors (Lipinski definition) is 2. The number of nitrogens with zero attached hydrogens (tertiary/aromatic N) is 3. The second kappa shape index (κ2) is 9.05. The van der Waals surface area contributed by atoms with Gasteiger partial charge in [-0.25, -0.2) is 8.42 Å². The summed E-state index contributed by atoms with van der Waals surface area (Å²) in [4.78, 5) is 11.4. The van der Waals surface area contributed by atoms with Gasteiger partial charge in [-0.3, -0.25) is 4.79 Å². The predicted molar refractivity (Wildman–Crippen MR) is 124 cm³/mol. The standard InChI is InChI=1S/C23H25N5O3S/c1-16-5-6-18(15-22(16)32(30,31)28-13-3-4-14-28)21-11-12-23(27-26-21)25-20-9-7-19(8-10-20)24-17(2)29/h5-12,15H,3-4,13-14H2,1-2H3,(H,24,29)(H,25,27). The lowest BCUT2D eigenvalue weighted by molar-refractivity contribution is -0.114. The van der Waals surface area contributed by atoms with Crippen molar-refractivity contribution in [1.29, 1.82) is 0 Å². The fourth-order valence-corrected chi connectivity index (χ4v) is 5.41. The molecule has 0 atom stereocenters. The van der Waals surface area contributed by atoms with Crippen LogP contribution in [-0.4, -0.2) is 41.9 Å². The molecule has 1 aliphatic rings. The molecule has 9 heteroatoms. The zero-order valence-electron chi connectivity index (χ0n) is 18.0. The van der Waals surface area contributed by atoms with Crippen molar-refractivity contribution in [2.75, 3.05) is 23.7 Å². The number of carbonyl (C=O) groups excluding carboxylic acids is 1. The normalized spacial score (nSPS) is 14.3. The van der Waals surface area contributed by atoms with Crippen molar-refractivity contribution < 1.29 is 13.2 Å². The van der Waals surface area contributed by atoms with E-state index in [4.69, 9.17) is 0 Å². The number of sulfonamides is 1. The summed E-state index contributed by atoms with van der Waals surface area (Å²) in [6, 6.07) is 16.2. The molecule has 2 heterocycles. The van der Waals surface area contributed by atoms with Crippen molar-refractivity contribution in [2.24, 2.45) is 0 Å². The summed E-state index contributed by atoms with van der Waals surface area (Å²) in [6.07, 6.45) is 1.79. The van der Waals surface area contributed by atoms with Gasteiger partial charge in [-0.05, 0) is 67.8 Å². The highest BCUT2D eigenvalue weighted by molar-refractivity contribution is 7.89. The molecule has 1 aliphatic heterocycles. The first-order chi connectivity index (χ1) is 15.3. The predicted octanol–water partition coefficient (Wildman–Crippen LogP) is 3.94. The molecule has 1 fully saturated rings. The summed E-state index contributed by atoms with van der Waals surface area (Å²) in [5, 5.41) is 14.4. The third kappa shape index (κ3) is 4.79. The number of nitrogens with one attached hydrogen (secondary N) is 2. The van der Waals surface area contributed by atoms with Crippen LogP contribution in [0.25, 0.3) is 11.3 Å². The van der Waals surface area contributed by atoms with Crippen LogP contribution in [0.1, 0.15) is 25.3 Å². The topological polar surface area (TPSA) is 104 Å². The van der Waals surface area contributed by atoms with Crippen LogP contribution in [0.2, 0.25) is 0 Å². The van der Waals surface area contributed by atoms with Gasteiger partial charge in [-0.2, -0.15) is 4.31 Å². The molecule has 0 aliphatic carbocycles. The molecule has 4 rings (SSSR count). The van der Waals surface area contributed by atoms with E-state index in [2.05, 4.69) is 20.8 Å². The molecule has 2 aromatic carbocycles. The minimum atomic E-state index is -3.51. The first-order valence-electron chi connectivity index (χ1n) is 10.4. The van der Waals surface area contributed by atoms with E-state index in [-0.39, 0.29) is 5.91 Å². The third-order valence-electron chi connectivity index (χ3n) is 5.31. The van der Waals surface area contributed by atoms with Crippen LogP contribution in [0.3, 0.4) is 0 Å². The summed E-state index contributed by atoms with van der Waals surface area (Å²) in [7, 11) is -3.51. The maximum absolute atomic E-state index is 13.0. The molecule has 0 unspecified atom stereocenters. The van der Waals surface area contributed by atoms with E-state index in [1.807, 2.05) is 31.2 Å². The highest BCUT2D eigenvalue weighted by Gasteiger charge is 2.28. The van der Waals surface area contributed by atoms with Gasteiger partial charge in [0.15, 0.2) is 5.82 Å². The molecule has 0 spiro atoms. The Hall–Kier alpha value is -3.30. The number of amides is 1. The van der Waals surface area contributed by atoms with Crippen molar-refractivity contribution in [3.8, 4) is 11.3 Å². The minimum absolute atomic E-state index is 0.125. The van der Waals surface area contributed by atoms with Crippen molar-refractivity contribution in [1.82, 2.24) is 14.5 Å². The van der Waals surface area contributed by atoms with Gasteiger partial charge in [0.25, 0.3) is 0 Å². The van der Waals surface area contributed by atoms with E-state index in [1.165, 1.54) is 6.92 Å². The number of hydrogen-bond acceptors (Lipinski definition) is 6. The molecule has 0 saturated carbocycles. The van der Waals surface area contributed by atoms with Crippen molar-refractivity contribution in [2.45, 2.75) is 31.6 Å². The van der Waals surface area contributed by atoms with E-state index >= 15 is 0 Å². The molecule has 8 nitrogen and oxygen atoms in total. The monoisotopic (exact) mass is 451 g/mol. The van der Waals surface area contributed by atoms with Crippen LogP contribution in [-0.2, 0) is 14.8 Å². The SMILES string of the molecule is CC(=O)Nc1ccc(Nc2ccc(-c3ccc(C)c(S(=O)(=O)N4CCCC4)c3)nn2)cc1. The van der Waals surface area contributed by atoms with Crippen molar-refractivity contribution >= 4 is 33.1 Å². The van der Waals surface area contributed by atoms with Gasteiger partial charge in [0.2, 0.25) is 15.9 Å². The Bertz CT molecular complexity index is 1220. The average molecular weight is 452 g/mol. The lowest BCUT2D eigenvalue weighted by Crippen LogP contribution is -2.28. The summed E-state index contributed by atoms with van der Waals surface area (Å²) in [5.41, 5.74) is 3.52. The first-order valence-corrected chi connectivity index (χ1v) is 11.9. The first kappa shape index (κ1) is 21.9. The van der Waals surface area contributed by atoms with E-state index in [9.17, 15) is 13.2 Å². The Morgan fingerprint density at radius 3 is 2.25 bits per heavy atom. The molecule has 3 aromatic rings. The Morgan fingerprint density at radius 2 is 1.62 bits per heavy atom. The summed E-state index contributed by atoms with van der Waals surface area (Å²) < 4.78 is 27.6. The van der Waals surface area contributed by atoms with Gasteiger partial charge in [-0.15, -0.1) is 10.2 Å². The molecule has 1 saturated heterocycles. The number of anilines is 3. The van der Waals surface area contributed by atoms with Gasteiger partial charge in [-0.1, -0.05) is 12.1 Å². The Labute approximate surface area is 187 Å². The molecule has 1 aromatic heterocycles. The van der Waals surface area contributed by atoms with Crippen LogP contribution < -0.4 is 10.6 Å². The molecular formula is C23H25N5O3S. The molecular weight excluding hydrogens is 426 g/mol. The molecule has 0 radical (unpaired) electrons. The van der Waals surface area contributed by atoms with Crippen molar-refractivity contribution in [3.05, 3.63) is 60.2 Å². The smallest absolute Gasteiger partial charge is 0.243 e. The third-order valence-corrected chi connectivity index (χ3v) is 7.35. The molecule has 32 heavy (non-hydrogen) atoms. The van der Waals surface area contributed by atoms with E-state index in [0.29, 0.717) is 40.7 Å². The van der Waals surface area contributed by atoms with Crippen LogP contribution >= 0.6 is 0 Å².